The largest absolute Gasteiger partial charge is 0.508 e. The number of aliphatic carboxylic acids is 1. The third kappa shape index (κ3) is 2.32. The van der Waals surface area contributed by atoms with Crippen LogP contribution in [-0.2, 0) is 16.0 Å². The minimum absolute atomic E-state index is 0.0420. The van der Waals surface area contributed by atoms with Gasteiger partial charge in [-0.15, -0.1) is 0 Å². The third-order valence-electron chi connectivity index (χ3n) is 1.83. The van der Waals surface area contributed by atoms with Crippen LogP contribution in [0, 0.1) is 6.92 Å². The lowest BCUT2D eigenvalue weighted by molar-refractivity contribution is -0.148. The van der Waals surface area contributed by atoms with Gasteiger partial charge in [0.1, 0.15) is 5.75 Å². The molecule has 0 aliphatic rings. The summed E-state index contributed by atoms with van der Waals surface area (Å²) in [6.07, 6.45) is -0.276. The Labute approximate surface area is 80.8 Å². The van der Waals surface area contributed by atoms with Gasteiger partial charge in [-0.25, -0.2) is 4.79 Å². The maximum Gasteiger partial charge on any atom is 0.372 e. The Morgan fingerprint density at radius 2 is 2.00 bits per heavy atom. The molecular weight excluding hydrogens is 184 g/mol. The average molecular weight is 194 g/mol. The summed E-state index contributed by atoms with van der Waals surface area (Å²) in [4.78, 5) is 21.1. The molecule has 74 valence electrons. The van der Waals surface area contributed by atoms with Crippen LogP contribution in [0.3, 0.4) is 0 Å². The van der Waals surface area contributed by atoms with Crippen molar-refractivity contribution < 1.29 is 19.8 Å². The number of ketones is 1. The molecule has 0 saturated heterocycles. The number of aromatic hydroxyl groups is 1. The summed E-state index contributed by atoms with van der Waals surface area (Å²) >= 11 is 0. The smallest absolute Gasteiger partial charge is 0.372 e. The molecule has 4 heteroatoms. The summed E-state index contributed by atoms with van der Waals surface area (Å²) in [5, 5.41) is 17.7. The molecule has 1 rings (SSSR count). The highest BCUT2D eigenvalue weighted by Crippen LogP contribution is 2.18. The summed E-state index contributed by atoms with van der Waals surface area (Å²) in [6, 6.07) is 4.75. The molecule has 0 fully saturated rings. The van der Waals surface area contributed by atoms with E-state index in [4.69, 9.17) is 5.11 Å². The summed E-state index contributed by atoms with van der Waals surface area (Å²) in [5.41, 5.74) is 1.19. The molecule has 0 aliphatic heterocycles. The molecule has 1 aromatic carbocycles. The van der Waals surface area contributed by atoms with Gasteiger partial charge in [-0.05, 0) is 18.6 Å². The van der Waals surface area contributed by atoms with Crippen molar-refractivity contribution in [2.24, 2.45) is 0 Å². The summed E-state index contributed by atoms with van der Waals surface area (Å²) in [7, 11) is 0. The number of carbonyl (C=O) groups is 2. The van der Waals surface area contributed by atoms with E-state index in [0.717, 1.165) is 5.56 Å². The van der Waals surface area contributed by atoms with Gasteiger partial charge in [0.25, 0.3) is 0 Å². The monoisotopic (exact) mass is 194 g/mol. The Morgan fingerprint density at radius 3 is 2.50 bits per heavy atom. The Morgan fingerprint density at radius 1 is 1.36 bits per heavy atom. The first-order valence-corrected chi connectivity index (χ1v) is 4.05. The summed E-state index contributed by atoms with van der Waals surface area (Å²) in [6.45, 7) is 1.79. The predicted octanol–water partition coefficient (Wildman–Crippen LogP) is 0.897. The number of benzene rings is 1. The van der Waals surface area contributed by atoms with Gasteiger partial charge in [0.15, 0.2) is 0 Å². The highest BCUT2D eigenvalue weighted by molar-refractivity contribution is 6.33. The van der Waals surface area contributed by atoms with E-state index < -0.39 is 11.8 Å². The van der Waals surface area contributed by atoms with Crippen LogP contribution in [0.25, 0.3) is 0 Å². The molecule has 0 radical (unpaired) electrons. The maximum absolute atomic E-state index is 10.8. The van der Waals surface area contributed by atoms with E-state index in [-0.39, 0.29) is 12.2 Å². The van der Waals surface area contributed by atoms with Crippen LogP contribution >= 0.6 is 0 Å². The number of phenolic OH excluding ortho intramolecular Hbond substituents is 1. The van der Waals surface area contributed by atoms with E-state index in [1.165, 1.54) is 6.07 Å². The van der Waals surface area contributed by atoms with E-state index >= 15 is 0 Å². The molecule has 1 aromatic rings. The van der Waals surface area contributed by atoms with Crippen molar-refractivity contribution in [3.63, 3.8) is 0 Å². The molecule has 2 N–H and O–H groups in total. The second-order valence-corrected chi connectivity index (χ2v) is 3.04. The average Bonchev–Trinajstić information content (AvgIpc) is 2.09. The number of aryl methyl sites for hydroxylation is 1. The van der Waals surface area contributed by atoms with Gasteiger partial charge in [-0.2, -0.15) is 0 Å². The van der Waals surface area contributed by atoms with Crippen molar-refractivity contribution in [3.05, 3.63) is 29.3 Å². The Bertz CT molecular complexity index is 382. The van der Waals surface area contributed by atoms with Crippen LogP contribution in [0.5, 0.6) is 5.75 Å². The van der Waals surface area contributed by atoms with Crippen LogP contribution in [0.15, 0.2) is 18.2 Å². The number of hydrogen-bond acceptors (Lipinski definition) is 3. The molecule has 0 spiro atoms. The Hall–Kier alpha value is -1.84. The molecule has 0 bridgehead atoms. The van der Waals surface area contributed by atoms with Crippen molar-refractivity contribution in [2.45, 2.75) is 13.3 Å². The van der Waals surface area contributed by atoms with Crippen molar-refractivity contribution in [1.82, 2.24) is 0 Å². The third-order valence-corrected chi connectivity index (χ3v) is 1.83. The number of rotatable bonds is 3. The minimum atomic E-state index is -1.48. The summed E-state index contributed by atoms with van der Waals surface area (Å²) in [5.74, 6) is -2.45. The first-order valence-electron chi connectivity index (χ1n) is 4.05. The highest BCUT2D eigenvalue weighted by atomic mass is 16.4. The standard InChI is InChI=1S/C10H10O4/c1-6-2-3-7(8(11)4-6)5-9(12)10(13)14/h2-4,11H,5H2,1H3,(H,13,14). The second kappa shape index (κ2) is 3.91. The zero-order valence-corrected chi connectivity index (χ0v) is 7.65. The molecule has 0 heterocycles. The minimum Gasteiger partial charge on any atom is -0.508 e. The quantitative estimate of drug-likeness (QED) is 0.701. The topological polar surface area (TPSA) is 74.6 Å². The molecule has 0 aromatic heterocycles. The first-order chi connectivity index (χ1) is 6.50. The van der Waals surface area contributed by atoms with E-state index in [1.807, 2.05) is 0 Å². The van der Waals surface area contributed by atoms with Gasteiger partial charge in [-0.3, -0.25) is 4.79 Å². The fourth-order valence-corrected chi connectivity index (χ4v) is 1.07. The molecule has 0 saturated carbocycles. The second-order valence-electron chi connectivity index (χ2n) is 3.04. The molecule has 4 nitrogen and oxygen atoms in total. The van der Waals surface area contributed by atoms with E-state index in [0.29, 0.717) is 5.56 Å². The van der Waals surface area contributed by atoms with Gasteiger partial charge in [0, 0.05) is 12.0 Å². The molecular formula is C10H10O4. The van der Waals surface area contributed by atoms with Crippen LogP contribution in [0.2, 0.25) is 0 Å². The fraction of sp³-hybridized carbons (Fsp3) is 0.200. The summed E-state index contributed by atoms with van der Waals surface area (Å²) < 4.78 is 0. The zero-order chi connectivity index (χ0) is 10.7. The molecule has 0 amide bonds. The highest BCUT2D eigenvalue weighted by Gasteiger charge is 2.14. The van der Waals surface area contributed by atoms with Crippen LogP contribution < -0.4 is 0 Å². The first kappa shape index (κ1) is 10.2. The van der Waals surface area contributed by atoms with Gasteiger partial charge in [0.05, 0.1) is 0 Å². The van der Waals surface area contributed by atoms with Gasteiger partial charge in [0.2, 0.25) is 5.78 Å². The number of carbonyl (C=O) groups excluding carboxylic acids is 1. The molecule has 0 atom stereocenters. The fourth-order valence-electron chi connectivity index (χ4n) is 1.07. The number of hydrogen-bond donors (Lipinski definition) is 2. The number of carboxylic acid groups (broad SMARTS) is 1. The number of phenols is 1. The van der Waals surface area contributed by atoms with Crippen LogP contribution in [-0.4, -0.2) is 22.0 Å². The molecule has 0 unspecified atom stereocenters. The van der Waals surface area contributed by atoms with E-state index in [1.54, 1.807) is 19.1 Å². The Kier molecular flexibility index (Phi) is 2.86. The van der Waals surface area contributed by atoms with Crippen molar-refractivity contribution in [2.75, 3.05) is 0 Å². The molecule has 14 heavy (non-hydrogen) atoms. The van der Waals surface area contributed by atoms with Crippen LogP contribution in [0.4, 0.5) is 0 Å². The SMILES string of the molecule is Cc1ccc(CC(=O)C(=O)O)c(O)c1. The van der Waals surface area contributed by atoms with Gasteiger partial charge >= 0.3 is 5.97 Å². The van der Waals surface area contributed by atoms with Crippen LogP contribution in [0.1, 0.15) is 11.1 Å². The van der Waals surface area contributed by atoms with E-state index in [9.17, 15) is 14.7 Å². The van der Waals surface area contributed by atoms with Crippen molar-refractivity contribution in [1.29, 1.82) is 0 Å². The van der Waals surface area contributed by atoms with Gasteiger partial charge < -0.3 is 10.2 Å². The van der Waals surface area contributed by atoms with E-state index in [2.05, 4.69) is 0 Å². The normalized spacial score (nSPS) is 9.79. The Balaban J connectivity index is 2.87. The lowest BCUT2D eigenvalue weighted by Crippen LogP contribution is -2.15. The predicted molar refractivity (Wildman–Crippen MR) is 49.2 cm³/mol. The number of Topliss-reactive ketones (excluding diaryl/α,β-unsaturated/α-hetero) is 1. The lowest BCUT2D eigenvalue weighted by Gasteiger charge is -2.02. The van der Waals surface area contributed by atoms with Gasteiger partial charge in [-0.1, -0.05) is 12.1 Å². The zero-order valence-electron chi connectivity index (χ0n) is 7.65. The number of carboxylic acids is 1. The lowest BCUT2D eigenvalue weighted by atomic mass is 10.1. The molecule has 0 aliphatic carbocycles. The van der Waals surface area contributed by atoms with Crippen molar-refractivity contribution >= 4 is 11.8 Å². The van der Waals surface area contributed by atoms with Crippen molar-refractivity contribution in [3.8, 4) is 5.75 Å². The maximum atomic E-state index is 10.8.